The van der Waals surface area contributed by atoms with Crippen LogP contribution in [0, 0.1) is 0 Å². The van der Waals surface area contributed by atoms with Crippen LogP contribution in [-0.2, 0) is 16.6 Å². The zero-order valence-electron chi connectivity index (χ0n) is 11.4. The van der Waals surface area contributed by atoms with Crippen molar-refractivity contribution in [3.05, 3.63) is 29.8 Å². The molecule has 1 rings (SSSR count). The Morgan fingerprint density at radius 3 is 1.94 bits per heavy atom. The minimum atomic E-state index is -3.31. The molecule has 1 aromatic rings. The van der Waals surface area contributed by atoms with Gasteiger partial charge in [-0.15, -0.1) is 0 Å². The number of hydrogen-bond donors (Lipinski definition) is 1. The van der Waals surface area contributed by atoms with Crippen molar-refractivity contribution in [2.75, 3.05) is 4.31 Å². The van der Waals surface area contributed by atoms with E-state index in [0.29, 0.717) is 12.2 Å². The highest BCUT2D eigenvalue weighted by Crippen LogP contribution is 2.24. The van der Waals surface area contributed by atoms with Gasteiger partial charge >= 0.3 is 0 Å². The van der Waals surface area contributed by atoms with Gasteiger partial charge < -0.3 is 5.73 Å². The standard InChI is InChI=1S/C13H22N2O2S/c1-10(2)15(18(16,17)11(3)4)13-7-5-12(9-14)6-8-13/h5-8,10-11H,9,14H2,1-4H3. The summed E-state index contributed by atoms with van der Waals surface area (Å²) in [5.41, 5.74) is 7.22. The lowest BCUT2D eigenvalue weighted by Gasteiger charge is -2.30. The lowest BCUT2D eigenvalue weighted by atomic mass is 10.2. The highest BCUT2D eigenvalue weighted by Gasteiger charge is 2.28. The molecular formula is C13H22N2O2S. The fourth-order valence-corrected chi connectivity index (χ4v) is 3.20. The average Bonchev–Trinajstić information content (AvgIpc) is 2.29. The first-order valence-electron chi connectivity index (χ1n) is 6.13. The van der Waals surface area contributed by atoms with Gasteiger partial charge in [-0.1, -0.05) is 12.1 Å². The third-order valence-corrected chi connectivity index (χ3v) is 5.14. The molecule has 18 heavy (non-hydrogen) atoms. The van der Waals surface area contributed by atoms with Crippen molar-refractivity contribution in [3.63, 3.8) is 0 Å². The normalized spacial score (nSPS) is 12.2. The number of hydrogen-bond acceptors (Lipinski definition) is 3. The molecule has 0 saturated heterocycles. The zero-order valence-corrected chi connectivity index (χ0v) is 12.2. The fraction of sp³-hybridized carbons (Fsp3) is 0.538. The molecule has 0 amide bonds. The summed E-state index contributed by atoms with van der Waals surface area (Å²) in [5.74, 6) is 0. The Morgan fingerprint density at radius 2 is 1.61 bits per heavy atom. The minimum absolute atomic E-state index is 0.110. The van der Waals surface area contributed by atoms with Crippen molar-refractivity contribution in [1.82, 2.24) is 0 Å². The van der Waals surface area contributed by atoms with Gasteiger partial charge in [0.15, 0.2) is 0 Å². The molecule has 0 aromatic heterocycles. The Bertz CT molecular complexity index is 478. The van der Waals surface area contributed by atoms with Crippen LogP contribution in [0.25, 0.3) is 0 Å². The van der Waals surface area contributed by atoms with Crippen LogP contribution in [0.3, 0.4) is 0 Å². The molecule has 0 radical (unpaired) electrons. The van der Waals surface area contributed by atoms with E-state index >= 15 is 0 Å². The number of rotatable bonds is 5. The molecule has 0 fully saturated rings. The van der Waals surface area contributed by atoms with Gasteiger partial charge in [0, 0.05) is 12.6 Å². The zero-order chi connectivity index (χ0) is 13.9. The van der Waals surface area contributed by atoms with Gasteiger partial charge in [-0.25, -0.2) is 8.42 Å². The van der Waals surface area contributed by atoms with Crippen molar-refractivity contribution >= 4 is 15.7 Å². The van der Waals surface area contributed by atoms with E-state index < -0.39 is 15.3 Å². The third-order valence-electron chi connectivity index (χ3n) is 2.77. The van der Waals surface area contributed by atoms with Gasteiger partial charge in [-0.2, -0.15) is 0 Å². The molecule has 0 spiro atoms. The topological polar surface area (TPSA) is 63.4 Å². The van der Waals surface area contributed by atoms with Crippen molar-refractivity contribution in [1.29, 1.82) is 0 Å². The summed E-state index contributed by atoms with van der Waals surface area (Å²) in [6, 6.07) is 7.23. The number of nitrogens with two attached hydrogens (primary N) is 1. The monoisotopic (exact) mass is 270 g/mol. The first-order chi connectivity index (χ1) is 8.30. The number of anilines is 1. The number of benzene rings is 1. The largest absolute Gasteiger partial charge is 0.326 e. The molecule has 5 heteroatoms. The van der Waals surface area contributed by atoms with Gasteiger partial charge in [0.2, 0.25) is 10.0 Å². The summed E-state index contributed by atoms with van der Waals surface area (Å²) < 4.78 is 26.1. The maximum Gasteiger partial charge on any atom is 0.237 e. The lowest BCUT2D eigenvalue weighted by Crippen LogP contribution is -2.41. The van der Waals surface area contributed by atoms with E-state index in [9.17, 15) is 8.42 Å². The molecule has 4 nitrogen and oxygen atoms in total. The van der Waals surface area contributed by atoms with E-state index in [4.69, 9.17) is 5.73 Å². The molecular weight excluding hydrogens is 248 g/mol. The summed E-state index contributed by atoms with van der Waals surface area (Å²) >= 11 is 0. The van der Waals surface area contributed by atoms with Crippen LogP contribution in [0.1, 0.15) is 33.3 Å². The number of sulfonamides is 1. The Hall–Kier alpha value is -1.07. The predicted octanol–water partition coefficient (Wildman–Crippen LogP) is 2.10. The minimum Gasteiger partial charge on any atom is -0.326 e. The second kappa shape index (κ2) is 5.71. The van der Waals surface area contributed by atoms with Crippen molar-refractivity contribution in [2.45, 2.75) is 45.5 Å². The SMILES string of the molecule is CC(C)N(c1ccc(CN)cc1)S(=O)(=O)C(C)C. The predicted molar refractivity (Wildman–Crippen MR) is 76.0 cm³/mol. The molecule has 0 aliphatic carbocycles. The summed E-state index contributed by atoms with van der Waals surface area (Å²) in [6.07, 6.45) is 0. The number of nitrogens with zero attached hydrogens (tertiary/aromatic N) is 1. The molecule has 0 bridgehead atoms. The molecule has 0 aliphatic heterocycles. The Morgan fingerprint density at radius 1 is 1.11 bits per heavy atom. The molecule has 0 atom stereocenters. The van der Waals surface area contributed by atoms with Crippen molar-refractivity contribution in [2.24, 2.45) is 5.73 Å². The Labute approximate surface area is 110 Å². The summed E-state index contributed by atoms with van der Waals surface area (Å²) in [7, 11) is -3.31. The second-order valence-electron chi connectivity index (χ2n) is 4.85. The fourth-order valence-electron chi connectivity index (χ4n) is 1.74. The van der Waals surface area contributed by atoms with E-state index in [1.54, 1.807) is 13.8 Å². The first-order valence-corrected chi connectivity index (χ1v) is 7.63. The molecule has 0 heterocycles. The smallest absolute Gasteiger partial charge is 0.237 e. The summed E-state index contributed by atoms with van der Waals surface area (Å²) in [6.45, 7) is 7.59. The molecule has 2 N–H and O–H groups in total. The van der Waals surface area contributed by atoms with Crippen LogP contribution in [0.15, 0.2) is 24.3 Å². The summed E-state index contributed by atoms with van der Waals surface area (Å²) in [4.78, 5) is 0. The van der Waals surface area contributed by atoms with Gasteiger partial charge in [0.05, 0.1) is 10.9 Å². The van der Waals surface area contributed by atoms with Crippen LogP contribution < -0.4 is 10.0 Å². The quantitative estimate of drug-likeness (QED) is 0.891. The lowest BCUT2D eigenvalue weighted by molar-refractivity contribution is 0.575. The average molecular weight is 270 g/mol. The van der Waals surface area contributed by atoms with E-state index in [0.717, 1.165) is 5.56 Å². The first kappa shape index (κ1) is 15.0. The Kier molecular flexibility index (Phi) is 4.76. The van der Waals surface area contributed by atoms with Gasteiger partial charge in [-0.3, -0.25) is 4.31 Å². The van der Waals surface area contributed by atoms with Crippen LogP contribution in [-0.4, -0.2) is 19.7 Å². The van der Waals surface area contributed by atoms with Crippen LogP contribution in [0.2, 0.25) is 0 Å². The molecule has 0 unspecified atom stereocenters. The second-order valence-corrected chi connectivity index (χ2v) is 7.22. The Balaban J connectivity index is 3.21. The maximum absolute atomic E-state index is 12.3. The molecule has 0 saturated carbocycles. The molecule has 0 aliphatic rings. The van der Waals surface area contributed by atoms with Crippen molar-refractivity contribution < 1.29 is 8.42 Å². The van der Waals surface area contributed by atoms with Gasteiger partial charge in [-0.05, 0) is 45.4 Å². The summed E-state index contributed by atoms with van der Waals surface area (Å²) in [5, 5.41) is -0.436. The molecule has 1 aromatic carbocycles. The van der Waals surface area contributed by atoms with E-state index in [-0.39, 0.29) is 6.04 Å². The van der Waals surface area contributed by atoms with Gasteiger partial charge in [0.25, 0.3) is 0 Å². The third kappa shape index (κ3) is 3.03. The highest BCUT2D eigenvalue weighted by molar-refractivity contribution is 7.93. The van der Waals surface area contributed by atoms with Crippen LogP contribution in [0.4, 0.5) is 5.69 Å². The van der Waals surface area contributed by atoms with Crippen LogP contribution in [0.5, 0.6) is 0 Å². The van der Waals surface area contributed by atoms with Gasteiger partial charge in [0.1, 0.15) is 0 Å². The highest BCUT2D eigenvalue weighted by atomic mass is 32.2. The molecule has 102 valence electrons. The van der Waals surface area contributed by atoms with E-state index in [2.05, 4.69) is 0 Å². The van der Waals surface area contributed by atoms with E-state index in [1.165, 1.54) is 4.31 Å². The maximum atomic E-state index is 12.3. The van der Waals surface area contributed by atoms with E-state index in [1.807, 2.05) is 38.1 Å². The van der Waals surface area contributed by atoms with Crippen molar-refractivity contribution in [3.8, 4) is 0 Å². The van der Waals surface area contributed by atoms with Crippen LogP contribution >= 0.6 is 0 Å².